The molecule has 0 aliphatic carbocycles. The fraction of sp³-hybridized carbons (Fsp3) is 0.0625. The van der Waals surface area contributed by atoms with Crippen LogP contribution in [0.5, 0.6) is 0 Å². The van der Waals surface area contributed by atoms with Crippen LogP contribution in [0.25, 0.3) is 0 Å². The van der Waals surface area contributed by atoms with Crippen LogP contribution in [-0.4, -0.2) is 5.78 Å². The molecule has 1 N–H and O–H groups in total. The fourth-order valence-electron chi connectivity index (χ4n) is 1.66. The molecular formula is C16H14FNO. The molecule has 0 saturated heterocycles. The standard InChI is InChI=1S/C16H14FNO/c17-15-9-5-4-8-14(15)16(19)10-11-18-12-13-6-2-1-3-7-13/h1-11,18H,12H2. The lowest BCUT2D eigenvalue weighted by molar-refractivity contribution is 0.104. The van der Waals surface area contributed by atoms with Gasteiger partial charge in [0.25, 0.3) is 0 Å². The third kappa shape index (κ3) is 3.78. The monoisotopic (exact) mass is 255 g/mol. The van der Waals surface area contributed by atoms with Gasteiger partial charge < -0.3 is 5.32 Å². The van der Waals surface area contributed by atoms with Gasteiger partial charge in [0.1, 0.15) is 5.82 Å². The minimum absolute atomic E-state index is 0.0836. The number of ketones is 1. The average Bonchev–Trinajstić information content (AvgIpc) is 2.45. The van der Waals surface area contributed by atoms with Crippen LogP contribution in [0.3, 0.4) is 0 Å². The smallest absolute Gasteiger partial charge is 0.190 e. The molecule has 3 heteroatoms. The molecule has 19 heavy (non-hydrogen) atoms. The molecule has 2 aromatic carbocycles. The molecular weight excluding hydrogens is 241 g/mol. The molecule has 0 amide bonds. The van der Waals surface area contributed by atoms with Crippen LogP contribution in [0, 0.1) is 5.82 Å². The van der Waals surface area contributed by atoms with Crippen LogP contribution >= 0.6 is 0 Å². The molecule has 2 rings (SSSR count). The van der Waals surface area contributed by atoms with Gasteiger partial charge in [0, 0.05) is 18.8 Å². The molecule has 0 aliphatic rings. The minimum Gasteiger partial charge on any atom is -0.387 e. The number of benzene rings is 2. The third-order valence-corrected chi connectivity index (χ3v) is 2.64. The first kappa shape index (κ1) is 13.0. The van der Waals surface area contributed by atoms with Gasteiger partial charge in [0.15, 0.2) is 5.78 Å². The summed E-state index contributed by atoms with van der Waals surface area (Å²) in [4.78, 5) is 11.7. The highest BCUT2D eigenvalue weighted by atomic mass is 19.1. The lowest BCUT2D eigenvalue weighted by Crippen LogP contribution is -2.06. The molecule has 0 fully saturated rings. The minimum atomic E-state index is -0.500. The van der Waals surface area contributed by atoms with Crippen LogP contribution in [0.2, 0.25) is 0 Å². The van der Waals surface area contributed by atoms with Crippen molar-refractivity contribution < 1.29 is 9.18 Å². The van der Waals surface area contributed by atoms with Gasteiger partial charge >= 0.3 is 0 Å². The Hall–Kier alpha value is -2.42. The molecule has 0 aromatic heterocycles. The van der Waals surface area contributed by atoms with Gasteiger partial charge in [-0.15, -0.1) is 0 Å². The molecule has 0 spiro atoms. The highest BCUT2D eigenvalue weighted by molar-refractivity contribution is 6.04. The van der Waals surface area contributed by atoms with Crippen molar-refractivity contribution in [1.29, 1.82) is 0 Å². The Morgan fingerprint density at radius 3 is 2.47 bits per heavy atom. The molecule has 0 radical (unpaired) electrons. The Kier molecular flexibility index (Phi) is 4.45. The fourth-order valence-corrected chi connectivity index (χ4v) is 1.66. The number of hydrogen-bond acceptors (Lipinski definition) is 2. The summed E-state index contributed by atoms with van der Waals surface area (Å²) in [6.45, 7) is 0.627. The van der Waals surface area contributed by atoms with Gasteiger partial charge in [0.05, 0.1) is 5.56 Å². The van der Waals surface area contributed by atoms with E-state index < -0.39 is 5.82 Å². The second-order valence-corrected chi connectivity index (χ2v) is 4.04. The molecule has 0 saturated carbocycles. The normalized spacial score (nSPS) is 10.6. The lowest BCUT2D eigenvalue weighted by atomic mass is 10.1. The molecule has 96 valence electrons. The van der Waals surface area contributed by atoms with Crippen LogP contribution in [0.1, 0.15) is 15.9 Å². The maximum Gasteiger partial charge on any atom is 0.190 e. The third-order valence-electron chi connectivity index (χ3n) is 2.64. The lowest BCUT2D eigenvalue weighted by Gasteiger charge is -2.01. The van der Waals surface area contributed by atoms with Crippen molar-refractivity contribution in [2.45, 2.75) is 6.54 Å². The van der Waals surface area contributed by atoms with Crippen LogP contribution in [0.4, 0.5) is 4.39 Å². The predicted octanol–water partition coefficient (Wildman–Crippen LogP) is 3.31. The number of halogens is 1. The molecule has 2 nitrogen and oxygen atoms in total. The second kappa shape index (κ2) is 6.50. The summed E-state index contributed by atoms with van der Waals surface area (Å²) >= 11 is 0. The zero-order chi connectivity index (χ0) is 13.5. The molecule has 0 atom stereocenters. The molecule has 0 aliphatic heterocycles. The molecule has 2 aromatic rings. The van der Waals surface area contributed by atoms with Gasteiger partial charge in [-0.3, -0.25) is 4.79 Å². The summed E-state index contributed by atoms with van der Waals surface area (Å²) < 4.78 is 13.3. The van der Waals surface area contributed by atoms with E-state index in [1.165, 1.54) is 18.2 Å². The van der Waals surface area contributed by atoms with Gasteiger partial charge in [-0.05, 0) is 17.7 Å². The number of rotatable bonds is 5. The quantitative estimate of drug-likeness (QED) is 0.656. The van der Waals surface area contributed by atoms with E-state index in [9.17, 15) is 9.18 Å². The largest absolute Gasteiger partial charge is 0.387 e. The van der Waals surface area contributed by atoms with Crippen LogP contribution in [-0.2, 0) is 6.54 Å². The van der Waals surface area contributed by atoms with Gasteiger partial charge in [0.2, 0.25) is 0 Å². The maximum absolute atomic E-state index is 13.3. The first-order valence-corrected chi connectivity index (χ1v) is 6.00. The van der Waals surface area contributed by atoms with Crippen molar-refractivity contribution in [3.63, 3.8) is 0 Å². The van der Waals surface area contributed by atoms with Crippen LogP contribution < -0.4 is 5.32 Å². The first-order valence-electron chi connectivity index (χ1n) is 6.00. The Morgan fingerprint density at radius 2 is 1.74 bits per heavy atom. The van der Waals surface area contributed by atoms with Crippen molar-refractivity contribution in [2.24, 2.45) is 0 Å². The van der Waals surface area contributed by atoms with E-state index in [0.717, 1.165) is 5.56 Å². The summed E-state index contributed by atoms with van der Waals surface area (Å²) in [5.41, 5.74) is 1.20. The van der Waals surface area contributed by atoms with E-state index in [1.54, 1.807) is 18.3 Å². The highest BCUT2D eigenvalue weighted by Crippen LogP contribution is 2.07. The van der Waals surface area contributed by atoms with Gasteiger partial charge in [-0.25, -0.2) is 4.39 Å². The van der Waals surface area contributed by atoms with Gasteiger partial charge in [-0.1, -0.05) is 42.5 Å². The molecule has 0 unspecified atom stereocenters. The Morgan fingerprint density at radius 1 is 1.05 bits per heavy atom. The van der Waals surface area contributed by atoms with E-state index in [4.69, 9.17) is 0 Å². The maximum atomic E-state index is 13.3. The molecule has 0 heterocycles. The van der Waals surface area contributed by atoms with E-state index in [1.807, 2.05) is 30.3 Å². The summed E-state index contributed by atoms with van der Waals surface area (Å²) in [5, 5.41) is 3.00. The summed E-state index contributed by atoms with van der Waals surface area (Å²) in [6.07, 6.45) is 2.88. The van der Waals surface area contributed by atoms with Gasteiger partial charge in [-0.2, -0.15) is 0 Å². The van der Waals surface area contributed by atoms with E-state index in [0.29, 0.717) is 6.54 Å². The summed E-state index contributed by atoms with van der Waals surface area (Å²) in [7, 11) is 0. The highest BCUT2D eigenvalue weighted by Gasteiger charge is 2.06. The number of hydrogen-bond donors (Lipinski definition) is 1. The zero-order valence-electron chi connectivity index (χ0n) is 10.3. The van der Waals surface area contributed by atoms with Crippen molar-refractivity contribution in [2.75, 3.05) is 0 Å². The van der Waals surface area contributed by atoms with Crippen molar-refractivity contribution in [1.82, 2.24) is 5.32 Å². The topological polar surface area (TPSA) is 29.1 Å². The number of carbonyl (C=O) groups is 1. The Balaban J connectivity index is 1.89. The zero-order valence-corrected chi connectivity index (χ0v) is 10.3. The average molecular weight is 255 g/mol. The summed E-state index contributed by atoms with van der Waals surface area (Å²) in [6, 6.07) is 15.8. The van der Waals surface area contributed by atoms with Crippen molar-refractivity contribution in [3.8, 4) is 0 Å². The van der Waals surface area contributed by atoms with E-state index >= 15 is 0 Å². The van der Waals surface area contributed by atoms with Crippen molar-refractivity contribution in [3.05, 3.63) is 83.8 Å². The second-order valence-electron chi connectivity index (χ2n) is 4.04. The molecule has 0 bridgehead atoms. The number of nitrogens with one attached hydrogen (secondary N) is 1. The SMILES string of the molecule is O=C(C=CNCc1ccccc1)c1ccccc1F. The summed E-state index contributed by atoms with van der Waals surface area (Å²) in [5.74, 6) is -0.848. The Bertz CT molecular complexity index is 578. The van der Waals surface area contributed by atoms with E-state index in [-0.39, 0.29) is 11.3 Å². The predicted molar refractivity (Wildman–Crippen MR) is 73.2 cm³/mol. The number of carbonyl (C=O) groups excluding carboxylic acids is 1. The van der Waals surface area contributed by atoms with Crippen molar-refractivity contribution >= 4 is 5.78 Å². The van der Waals surface area contributed by atoms with E-state index in [2.05, 4.69) is 5.32 Å². The Labute approximate surface area is 111 Å². The van der Waals surface area contributed by atoms with Crippen LogP contribution in [0.15, 0.2) is 66.9 Å². The first-order chi connectivity index (χ1) is 9.27. The number of allylic oxidation sites excluding steroid dienone is 1.